The molecule has 4 heteroatoms. The number of H-pyrrole nitrogens is 1. The lowest BCUT2D eigenvalue weighted by Crippen LogP contribution is -2.37. The van der Waals surface area contributed by atoms with Gasteiger partial charge in [-0.1, -0.05) is 13.8 Å². The Morgan fingerprint density at radius 1 is 1.40 bits per heavy atom. The summed E-state index contributed by atoms with van der Waals surface area (Å²) in [6, 6.07) is 1.62. The molecule has 2 rings (SSSR count). The van der Waals surface area contributed by atoms with E-state index in [1.807, 2.05) is 0 Å². The highest BCUT2D eigenvalue weighted by Gasteiger charge is 2.25. The smallest absolute Gasteiger partial charge is 0.266 e. The van der Waals surface area contributed by atoms with Crippen molar-refractivity contribution in [2.75, 3.05) is 18.0 Å². The van der Waals surface area contributed by atoms with Crippen LogP contribution in [0.3, 0.4) is 0 Å². The first kappa shape index (κ1) is 10.2. The molecular formula is C11H17N3O. The minimum absolute atomic E-state index is 0.127. The van der Waals surface area contributed by atoms with Gasteiger partial charge in [-0.05, 0) is 18.3 Å². The van der Waals surface area contributed by atoms with Gasteiger partial charge in [0.05, 0.1) is 11.9 Å². The molecule has 0 bridgehead atoms. The normalized spacial score (nSPS) is 20.3. The van der Waals surface area contributed by atoms with Gasteiger partial charge in [0.15, 0.2) is 0 Å². The maximum absolute atomic E-state index is 11.1. The molecule has 1 aliphatic rings. The van der Waals surface area contributed by atoms with Crippen LogP contribution in [-0.4, -0.2) is 23.3 Å². The average Bonchev–Trinajstić information content (AvgIpc) is 2.17. The third-order valence-electron chi connectivity index (χ3n) is 3.13. The van der Waals surface area contributed by atoms with Crippen molar-refractivity contribution < 1.29 is 0 Å². The van der Waals surface area contributed by atoms with E-state index in [0.29, 0.717) is 5.41 Å². The number of nitrogens with one attached hydrogen (secondary N) is 1. The molecule has 0 atom stereocenters. The van der Waals surface area contributed by atoms with Gasteiger partial charge in [0.2, 0.25) is 0 Å². The van der Waals surface area contributed by atoms with Gasteiger partial charge in [-0.3, -0.25) is 4.79 Å². The van der Waals surface area contributed by atoms with E-state index in [4.69, 9.17) is 0 Å². The molecule has 0 amide bonds. The number of nitrogens with zero attached hydrogens (tertiary/aromatic N) is 2. The fraction of sp³-hybridized carbons (Fsp3) is 0.636. The Bertz CT molecular complexity index is 387. The molecule has 1 fully saturated rings. The summed E-state index contributed by atoms with van der Waals surface area (Å²) in [4.78, 5) is 13.3. The maximum Gasteiger partial charge on any atom is 0.266 e. The fourth-order valence-corrected chi connectivity index (χ4v) is 1.91. The summed E-state index contributed by atoms with van der Waals surface area (Å²) >= 11 is 0. The second-order valence-electron chi connectivity index (χ2n) is 4.95. The van der Waals surface area contributed by atoms with Crippen LogP contribution in [0.15, 0.2) is 17.1 Å². The van der Waals surface area contributed by atoms with E-state index in [0.717, 1.165) is 18.8 Å². The first-order valence-corrected chi connectivity index (χ1v) is 5.37. The first-order valence-electron chi connectivity index (χ1n) is 5.37. The van der Waals surface area contributed by atoms with Crippen molar-refractivity contribution >= 4 is 5.69 Å². The predicted molar refractivity (Wildman–Crippen MR) is 60.1 cm³/mol. The van der Waals surface area contributed by atoms with E-state index in [-0.39, 0.29) is 5.56 Å². The molecule has 1 saturated heterocycles. The lowest BCUT2D eigenvalue weighted by Gasteiger charge is -2.37. The first-order chi connectivity index (χ1) is 7.07. The van der Waals surface area contributed by atoms with Crippen molar-refractivity contribution in [1.29, 1.82) is 0 Å². The highest BCUT2D eigenvalue weighted by molar-refractivity contribution is 5.43. The summed E-state index contributed by atoms with van der Waals surface area (Å²) in [5, 5.41) is 6.21. The number of anilines is 1. The van der Waals surface area contributed by atoms with Crippen LogP contribution >= 0.6 is 0 Å². The zero-order valence-corrected chi connectivity index (χ0v) is 9.29. The van der Waals surface area contributed by atoms with Crippen molar-refractivity contribution in [1.82, 2.24) is 10.2 Å². The van der Waals surface area contributed by atoms with Gasteiger partial charge < -0.3 is 4.90 Å². The van der Waals surface area contributed by atoms with Crippen LogP contribution in [-0.2, 0) is 0 Å². The fourth-order valence-electron chi connectivity index (χ4n) is 1.91. The predicted octanol–water partition coefficient (Wildman–Crippen LogP) is 1.40. The Hall–Kier alpha value is -1.32. The minimum Gasteiger partial charge on any atom is -0.370 e. The Morgan fingerprint density at radius 3 is 2.67 bits per heavy atom. The van der Waals surface area contributed by atoms with Crippen LogP contribution in [0.25, 0.3) is 0 Å². The largest absolute Gasteiger partial charge is 0.370 e. The average molecular weight is 207 g/mol. The van der Waals surface area contributed by atoms with E-state index in [1.54, 1.807) is 12.3 Å². The van der Waals surface area contributed by atoms with Crippen LogP contribution in [0, 0.1) is 5.41 Å². The van der Waals surface area contributed by atoms with Gasteiger partial charge in [-0.15, -0.1) is 0 Å². The van der Waals surface area contributed by atoms with Gasteiger partial charge in [-0.25, -0.2) is 5.10 Å². The van der Waals surface area contributed by atoms with E-state index >= 15 is 0 Å². The number of rotatable bonds is 1. The van der Waals surface area contributed by atoms with E-state index in [9.17, 15) is 4.79 Å². The number of hydrogen-bond acceptors (Lipinski definition) is 3. The third kappa shape index (κ3) is 2.37. The standard InChI is InChI=1S/C11H17N3O/c1-11(2)3-5-14(6-4-11)9-7-10(15)13-12-8-9/h7-8H,3-6H2,1-2H3,(H,13,15). The summed E-state index contributed by atoms with van der Waals surface area (Å²) in [5.41, 5.74) is 1.25. The zero-order valence-electron chi connectivity index (χ0n) is 9.29. The summed E-state index contributed by atoms with van der Waals surface area (Å²) < 4.78 is 0. The van der Waals surface area contributed by atoms with Gasteiger partial charge >= 0.3 is 0 Å². The number of hydrogen-bond donors (Lipinski definition) is 1. The van der Waals surface area contributed by atoms with Crippen LogP contribution < -0.4 is 10.5 Å². The molecule has 82 valence electrons. The Morgan fingerprint density at radius 2 is 2.07 bits per heavy atom. The molecule has 4 nitrogen and oxygen atoms in total. The second kappa shape index (κ2) is 3.68. The Balaban J connectivity index is 2.11. The van der Waals surface area contributed by atoms with Gasteiger partial charge in [0.1, 0.15) is 0 Å². The lowest BCUT2D eigenvalue weighted by molar-refractivity contribution is 0.279. The molecule has 0 radical (unpaired) electrons. The maximum atomic E-state index is 11.1. The van der Waals surface area contributed by atoms with Gasteiger partial charge in [0, 0.05) is 19.2 Å². The van der Waals surface area contributed by atoms with Crippen molar-refractivity contribution in [3.8, 4) is 0 Å². The summed E-state index contributed by atoms with van der Waals surface area (Å²) in [6.07, 6.45) is 4.05. The molecule has 0 unspecified atom stereocenters. The summed E-state index contributed by atoms with van der Waals surface area (Å²) in [7, 11) is 0. The van der Waals surface area contributed by atoms with Crippen molar-refractivity contribution in [3.63, 3.8) is 0 Å². The Kier molecular flexibility index (Phi) is 2.50. The molecule has 0 aliphatic carbocycles. The molecule has 1 aromatic heterocycles. The summed E-state index contributed by atoms with van der Waals surface area (Å²) in [6.45, 7) is 6.61. The highest BCUT2D eigenvalue weighted by atomic mass is 16.1. The number of aromatic nitrogens is 2. The SMILES string of the molecule is CC1(C)CCN(c2cn[nH]c(=O)c2)CC1. The molecule has 0 spiro atoms. The Labute approximate surface area is 89.3 Å². The van der Waals surface area contributed by atoms with Crippen LogP contribution in [0.1, 0.15) is 26.7 Å². The van der Waals surface area contributed by atoms with E-state index < -0.39 is 0 Å². The highest BCUT2D eigenvalue weighted by Crippen LogP contribution is 2.31. The summed E-state index contributed by atoms with van der Waals surface area (Å²) in [5.74, 6) is 0. The minimum atomic E-state index is -0.127. The quantitative estimate of drug-likeness (QED) is 0.757. The van der Waals surface area contributed by atoms with E-state index in [2.05, 4.69) is 28.9 Å². The van der Waals surface area contributed by atoms with Gasteiger partial charge in [-0.2, -0.15) is 5.10 Å². The molecule has 0 saturated carbocycles. The lowest BCUT2D eigenvalue weighted by atomic mass is 9.82. The van der Waals surface area contributed by atoms with Crippen LogP contribution in [0.4, 0.5) is 5.69 Å². The number of piperidine rings is 1. The molecule has 0 aromatic carbocycles. The van der Waals surface area contributed by atoms with Crippen LogP contribution in [0.2, 0.25) is 0 Å². The topological polar surface area (TPSA) is 49.0 Å². The molecule has 2 heterocycles. The zero-order chi connectivity index (χ0) is 10.9. The van der Waals surface area contributed by atoms with Crippen molar-refractivity contribution in [2.24, 2.45) is 5.41 Å². The number of aromatic amines is 1. The second-order valence-corrected chi connectivity index (χ2v) is 4.95. The van der Waals surface area contributed by atoms with Crippen molar-refractivity contribution in [2.45, 2.75) is 26.7 Å². The van der Waals surface area contributed by atoms with Crippen LogP contribution in [0.5, 0.6) is 0 Å². The molecule has 1 aromatic rings. The molecule has 15 heavy (non-hydrogen) atoms. The van der Waals surface area contributed by atoms with Gasteiger partial charge in [0.25, 0.3) is 5.56 Å². The molecule has 1 N–H and O–H groups in total. The molecule has 1 aliphatic heterocycles. The third-order valence-corrected chi connectivity index (χ3v) is 3.13. The molecular weight excluding hydrogens is 190 g/mol. The van der Waals surface area contributed by atoms with Crippen molar-refractivity contribution in [3.05, 3.63) is 22.6 Å². The van der Waals surface area contributed by atoms with E-state index in [1.165, 1.54) is 12.8 Å². The monoisotopic (exact) mass is 207 g/mol.